The summed E-state index contributed by atoms with van der Waals surface area (Å²) in [6, 6.07) is 1.90. The lowest BCUT2D eigenvalue weighted by Crippen LogP contribution is -2.27. The van der Waals surface area contributed by atoms with Gasteiger partial charge in [0, 0.05) is 37.9 Å². The van der Waals surface area contributed by atoms with Crippen molar-refractivity contribution in [2.45, 2.75) is 26.9 Å². The Morgan fingerprint density at radius 3 is 2.58 bits per heavy atom. The molecule has 0 amide bonds. The average Bonchev–Trinajstić information content (AvgIpc) is 2.86. The van der Waals surface area contributed by atoms with Gasteiger partial charge in [0.25, 0.3) is 0 Å². The SMILES string of the molecule is Cc1cc(OC(C)C)nc(N2C[C@H]3CNC[C@H]3C2)n1. The summed E-state index contributed by atoms with van der Waals surface area (Å²) < 4.78 is 5.70. The second-order valence-electron chi connectivity index (χ2n) is 5.90. The zero-order valence-electron chi connectivity index (χ0n) is 11.9. The minimum absolute atomic E-state index is 0.143. The summed E-state index contributed by atoms with van der Waals surface area (Å²) in [5, 5.41) is 3.45. The van der Waals surface area contributed by atoms with Crippen LogP contribution in [0.3, 0.4) is 0 Å². The first-order valence-corrected chi connectivity index (χ1v) is 7.10. The molecule has 0 aliphatic carbocycles. The second kappa shape index (κ2) is 4.96. The molecule has 104 valence electrons. The smallest absolute Gasteiger partial charge is 0.228 e. The van der Waals surface area contributed by atoms with Crippen LogP contribution in [0.15, 0.2) is 6.07 Å². The van der Waals surface area contributed by atoms with Crippen molar-refractivity contribution in [1.82, 2.24) is 15.3 Å². The van der Waals surface area contributed by atoms with Crippen LogP contribution in [0.5, 0.6) is 5.88 Å². The predicted octanol–water partition coefficient (Wildman–Crippen LogP) is 1.23. The first-order valence-electron chi connectivity index (χ1n) is 7.10. The molecule has 2 aliphatic heterocycles. The zero-order valence-corrected chi connectivity index (χ0v) is 11.9. The van der Waals surface area contributed by atoms with Gasteiger partial charge < -0.3 is 15.0 Å². The number of hydrogen-bond acceptors (Lipinski definition) is 5. The van der Waals surface area contributed by atoms with Gasteiger partial charge in [-0.1, -0.05) is 0 Å². The largest absolute Gasteiger partial charge is 0.475 e. The Bertz CT molecular complexity index is 451. The molecule has 1 aromatic heterocycles. The molecule has 5 heteroatoms. The quantitative estimate of drug-likeness (QED) is 0.888. The van der Waals surface area contributed by atoms with E-state index in [9.17, 15) is 0 Å². The van der Waals surface area contributed by atoms with E-state index < -0.39 is 0 Å². The number of anilines is 1. The van der Waals surface area contributed by atoms with Gasteiger partial charge in [-0.05, 0) is 32.6 Å². The maximum absolute atomic E-state index is 5.70. The number of fused-ring (bicyclic) bond motifs is 1. The van der Waals surface area contributed by atoms with Crippen LogP contribution in [0.2, 0.25) is 0 Å². The molecule has 0 aromatic carbocycles. The molecule has 3 heterocycles. The number of nitrogens with one attached hydrogen (secondary N) is 1. The lowest BCUT2D eigenvalue weighted by atomic mass is 10.0. The lowest BCUT2D eigenvalue weighted by molar-refractivity contribution is 0.232. The van der Waals surface area contributed by atoms with E-state index in [1.165, 1.54) is 0 Å². The maximum Gasteiger partial charge on any atom is 0.228 e. The molecular weight excluding hydrogens is 240 g/mol. The van der Waals surface area contributed by atoms with Crippen molar-refractivity contribution < 1.29 is 4.74 Å². The fourth-order valence-electron chi connectivity index (χ4n) is 2.99. The summed E-state index contributed by atoms with van der Waals surface area (Å²) >= 11 is 0. The molecule has 2 fully saturated rings. The average molecular weight is 262 g/mol. The third kappa shape index (κ3) is 2.66. The summed E-state index contributed by atoms with van der Waals surface area (Å²) in [6.45, 7) is 10.4. The minimum Gasteiger partial charge on any atom is -0.475 e. The van der Waals surface area contributed by atoms with Crippen LogP contribution in [0.4, 0.5) is 5.95 Å². The van der Waals surface area contributed by atoms with Gasteiger partial charge in [0.15, 0.2) is 0 Å². The van der Waals surface area contributed by atoms with Gasteiger partial charge in [-0.25, -0.2) is 4.98 Å². The fourth-order valence-corrected chi connectivity index (χ4v) is 2.99. The van der Waals surface area contributed by atoms with Crippen molar-refractivity contribution in [3.05, 3.63) is 11.8 Å². The summed E-state index contributed by atoms with van der Waals surface area (Å²) in [6.07, 6.45) is 0.143. The number of ether oxygens (including phenoxy) is 1. The van der Waals surface area contributed by atoms with Crippen molar-refractivity contribution in [2.75, 3.05) is 31.1 Å². The van der Waals surface area contributed by atoms with Crippen LogP contribution in [0.1, 0.15) is 19.5 Å². The first kappa shape index (κ1) is 12.7. The highest BCUT2D eigenvalue weighted by Crippen LogP contribution is 2.29. The summed E-state index contributed by atoms with van der Waals surface area (Å²) in [5.74, 6) is 3.01. The molecule has 2 aliphatic rings. The number of aromatic nitrogens is 2. The molecule has 2 atom stereocenters. The van der Waals surface area contributed by atoms with Gasteiger partial charge >= 0.3 is 0 Å². The molecule has 1 N–H and O–H groups in total. The van der Waals surface area contributed by atoms with Crippen molar-refractivity contribution in [2.24, 2.45) is 11.8 Å². The van der Waals surface area contributed by atoms with Crippen LogP contribution in [-0.4, -0.2) is 42.3 Å². The predicted molar refractivity (Wildman–Crippen MR) is 74.6 cm³/mol. The molecule has 0 spiro atoms. The molecule has 0 bridgehead atoms. The van der Waals surface area contributed by atoms with Crippen LogP contribution in [0, 0.1) is 18.8 Å². The Hall–Kier alpha value is -1.36. The van der Waals surface area contributed by atoms with E-state index in [1.54, 1.807) is 0 Å². The number of aryl methyl sites for hydroxylation is 1. The van der Waals surface area contributed by atoms with Crippen molar-refractivity contribution in [1.29, 1.82) is 0 Å². The minimum atomic E-state index is 0.143. The standard InChI is InChI=1S/C14H22N4O/c1-9(2)19-13-4-10(3)16-14(17-13)18-7-11-5-15-6-12(11)8-18/h4,9,11-12,15H,5-8H2,1-3H3/t11-,12+. The van der Waals surface area contributed by atoms with E-state index in [1.807, 2.05) is 26.8 Å². The lowest BCUT2D eigenvalue weighted by Gasteiger charge is -2.19. The Balaban J connectivity index is 1.79. The topological polar surface area (TPSA) is 50.3 Å². The third-order valence-electron chi connectivity index (χ3n) is 3.85. The zero-order chi connectivity index (χ0) is 13.4. The van der Waals surface area contributed by atoms with Crippen molar-refractivity contribution in [3.63, 3.8) is 0 Å². The van der Waals surface area contributed by atoms with E-state index in [4.69, 9.17) is 4.74 Å². The van der Waals surface area contributed by atoms with Crippen LogP contribution < -0.4 is 15.0 Å². The van der Waals surface area contributed by atoms with Crippen molar-refractivity contribution >= 4 is 5.95 Å². The summed E-state index contributed by atoms with van der Waals surface area (Å²) in [4.78, 5) is 11.4. The Kier molecular flexibility index (Phi) is 3.31. The molecule has 0 radical (unpaired) electrons. The molecule has 19 heavy (non-hydrogen) atoms. The number of nitrogens with zero attached hydrogens (tertiary/aromatic N) is 3. The highest BCUT2D eigenvalue weighted by molar-refractivity contribution is 5.36. The molecule has 3 rings (SSSR count). The molecule has 0 saturated carbocycles. The monoisotopic (exact) mass is 262 g/mol. The summed E-state index contributed by atoms with van der Waals surface area (Å²) in [7, 11) is 0. The molecular formula is C14H22N4O. The van der Waals surface area contributed by atoms with Gasteiger partial charge in [-0.3, -0.25) is 0 Å². The summed E-state index contributed by atoms with van der Waals surface area (Å²) in [5.41, 5.74) is 0.968. The van der Waals surface area contributed by atoms with Crippen LogP contribution in [0.25, 0.3) is 0 Å². The molecule has 2 saturated heterocycles. The second-order valence-corrected chi connectivity index (χ2v) is 5.90. The number of hydrogen-bond donors (Lipinski definition) is 1. The van der Waals surface area contributed by atoms with E-state index >= 15 is 0 Å². The third-order valence-corrected chi connectivity index (χ3v) is 3.85. The van der Waals surface area contributed by atoms with E-state index in [2.05, 4.69) is 20.2 Å². The van der Waals surface area contributed by atoms with Gasteiger partial charge in [0.2, 0.25) is 11.8 Å². The molecule has 0 unspecified atom stereocenters. The highest BCUT2D eigenvalue weighted by atomic mass is 16.5. The number of rotatable bonds is 3. The van der Waals surface area contributed by atoms with Gasteiger partial charge in [0.1, 0.15) is 0 Å². The van der Waals surface area contributed by atoms with Gasteiger partial charge in [0.05, 0.1) is 6.10 Å². The first-order chi connectivity index (χ1) is 9.11. The van der Waals surface area contributed by atoms with E-state index in [0.717, 1.165) is 49.7 Å². The molecule has 1 aromatic rings. The Morgan fingerprint density at radius 2 is 1.95 bits per heavy atom. The normalized spacial score (nSPS) is 26.0. The van der Waals surface area contributed by atoms with E-state index in [-0.39, 0.29) is 6.10 Å². The van der Waals surface area contributed by atoms with Gasteiger partial charge in [-0.2, -0.15) is 4.98 Å². The van der Waals surface area contributed by atoms with Crippen LogP contribution >= 0.6 is 0 Å². The Morgan fingerprint density at radius 1 is 1.26 bits per heavy atom. The molecule has 5 nitrogen and oxygen atoms in total. The van der Waals surface area contributed by atoms with E-state index in [0.29, 0.717) is 5.88 Å². The van der Waals surface area contributed by atoms with Crippen molar-refractivity contribution in [3.8, 4) is 5.88 Å². The Labute approximate surface area is 114 Å². The maximum atomic E-state index is 5.70. The highest BCUT2D eigenvalue weighted by Gasteiger charge is 2.37. The fraction of sp³-hybridized carbons (Fsp3) is 0.714. The van der Waals surface area contributed by atoms with Crippen LogP contribution in [-0.2, 0) is 0 Å². The van der Waals surface area contributed by atoms with Gasteiger partial charge in [-0.15, -0.1) is 0 Å².